The average molecular weight is 498 g/mol. The third-order valence-corrected chi connectivity index (χ3v) is 7.66. The SMILES string of the molecule is CCN(CC)S(=O)(=O)c1cccc(C(=O)NC(C(=O)OC(C)C(=O)N2CCOCC2)C(C)C)c1. The predicted molar refractivity (Wildman–Crippen MR) is 126 cm³/mol. The second kappa shape index (κ2) is 12.3. The Morgan fingerprint density at radius 1 is 1.12 bits per heavy atom. The van der Waals surface area contributed by atoms with Crippen LogP contribution in [-0.4, -0.2) is 86.9 Å². The van der Waals surface area contributed by atoms with E-state index >= 15 is 0 Å². The molecule has 1 aliphatic rings. The summed E-state index contributed by atoms with van der Waals surface area (Å²) >= 11 is 0. The van der Waals surface area contributed by atoms with Crippen molar-refractivity contribution in [1.29, 1.82) is 0 Å². The summed E-state index contributed by atoms with van der Waals surface area (Å²) in [6.07, 6.45) is -1.01. The maximum atomic E-state index is 12.9. The van der Waals surface area contributed by atoms with E-state index in [0.717, 1.165) is 0 Å². The summed E-state index contributed by atoms with van der Waals surface area (Å²) < 4.78 is 37.5. The Labute approximate surface area is 201 Å². The van der Waals surface area contributed by atoms with Gasteiger partial charge in [-0.15, -0.1) is 0 Å². The molecule has 190 valence electrons. The summed E-state index contributed by atoms with van der Waals surface area (Å²) in [6, 6.07) is 4.66. The topological polar surface area (TPSA) is 122 Å². The van der Waals surface area contributed by atoms with Crippen molar-refractivity contribution < 1.29 is 32.3 Å². The van der Waals surface area contributed by atoms with E-state index in [9.17, 15) is 22.8 Å². The Balaban J connectivity index is 2.12. The molecule has 0 aromatic heterocycles. The number of hydrogen-bond donors (Lipinski definition) is 1. The maximum Gasteiger partial charge on any atom is 0.329 e. The minimum Gasteiger partial charge on any atom is -0.451 e. The highest BCUT2D eigenvalue weighted by atomic mass is 32.2. The first kappa shape index (κ1) is 27.7. The van der Waals surface area contributed by atoms with Crippen LogP contribution >= 0.6 is 0 Å². The molecular weight excluding hydrogens is 462 g/mol. The minimum atomic E-state index is -3.74. The molecule has 2 amide bonds. The van der Waals surface area contributed by atoms with Gasteiger partial charge in [0.25, 0.3) is 11.8 Å². The molecule has 1 saturated heterocycles. The normalized spacial score (nSPS) is 16.3. The summed E-state index contributed by atoms with van der Waals surface area (Å²) in [7, 11) is -3.74. The van der Waals surface area contributed by atoms with Crippen molar-refractivity contribution in [2.24, 2.45) is 5.92 Å². The molecular formula is C23H35N3O7S. The number of sulfonamides is 1. The molecule has 2 atom stereocenters. The molecule has 1 aromatic carbocycles. The van der Waals surface area contributed by atoms with Crippen LogP contribution < -0.4 is 5.32 Å². The van der Waals surface area contributed by atoms with Gasteiger partial charge in [0, 0.05) is 31.7 Å². The molecule has 34 heavy (non-hydrogen) atoms. The zero-order valence-electron chi connectivity index (χ0n) is 20.4. The Morgan fingerprint density at radius 2 is 1.74 bits per heavy atom. The van der Waals surface area contributed by atoms with Crippen molar-refractivity contribution in [3.63, 3.8) is 0 Å². The van der Waals surface area contributed by atoms with Crippen LogP contribution in [0.15, 0.2) is 29.2 Å². The monoisotopic (exact) mass is 497 g/mol. The molecule has 1 aliphatic heterocycles. The fourth-order valence-corrected chi connectivity index (χ4v) is 5.08. The van der Waals surface area contributed by atoms with E-state index in [1.807, 2.05) is 0 Å². The van der Waals surface area contributed by atoms with E-state index in [-0.39, 0.29) is 22.3 Å². The van der Waals surface area contributed by atoms with Crippen LogP contribution in [0, 0.1) is 5.92 Å². The molecule has 0 aliphatic carbocycles. The number of nitrogens with zero attached hydrogens (tertiary/aromatic N) is 2. The van der Waals surface area contributed by atoms with Crippen LogP contribution in [0.1, 0.15) is 45.0 Å². The summed E-state index contributed by atoms with van der Waals surface area (Å²) in [5.41, 5.74) is 0.101. The Morgan fingerprint density at radius 3 is 2.29 bits per heavy atom. The fourth-order valence-electron chi connectivity index (χ4n) is 3.57. The van der Waals surface area contributed by atoms with Gasteiger partial charge in [-0.3, -0.25) is 9.59 Å². The zero-order chi connectivity index (χ0) is 25.5. The van der Waals surface area contributed by atoms with E-state index in [2.05, 4.69) is 5.32 Å². The molecule has 1 N–H and O–H groups in total. The van der Waals surface area contributed by atoms with Gasteiger partial charge in [0.1, 0.15) is 6.04 Å². The Kier molecular flexibility index (Phi) is 10.0. The van der Waals surface area contributed by atoms with Crippen LogP contribution in [0.5, 0.6) is 0 Å². The minimum absolute atomic E-state index is 0.00254. The highest BCUT2D eigenvalue weighted by Crippen LogP contribution is 2.18. The van der Waals surface area contributed by atoms with E-state index in [4.69, 9.17) is 9.47 Å². The first-order valence-electron chi connectivity index (χ1n) is 11.5. The van der Waals surface area contributed by atoms with E-state index in [1.165, 1.54) is 35.5 Å². The molecule has 10 nitrogen and oxygen atoms in total. The molecule has 0 radical (unpaired) electrons. The van der Waals surface area contributed by atoms with Gasteiger partial charge >= 0.3 is 5.97 Å². The largest absolute Gasteiger partial charge is 0.451 e. The van der Waals surface area contributed by atoms with Crippen LogP contribution in [0.25, 0.3) is 0 Å². The van der Waals surface area contributed by atoms with Crippen molar-refractivity contribution in [3.8, 4) is 0 Å². The van der Waals surface area contributed by atoms with Crippen molar-refractivity contribution in [1.82, 2.24) is 14.5 Å². The third-order valence-electron chi connectivity index (χ3n) is 5.61. The van der Waals surface area contributed by atoms with E-state index in [1.54, 1.807) is 32.6 Å². The summed E-state index contributed by atoms with van der Waals surface area (Å²) in [5, 5.41) is 2.63. The van der Waals surface area contributed by atoms with Crippen molar-refractivity contribution in [2.45, 2.75) is 51.7 Å². The van der Waals surface area contributed by atoms with Gasteiger partial charge in [-0.2, -0.15) is 4.31 Å². The van der Waals surface area contributed by atoms with Gasteiger partial charge in [0.05, 0.1) is 18.1 Å². The van der Waals surface area contributed by atoms with Gasteiger partial charge in [-0.25, -0.2) is 13.2 Å². The standard InChI is InChI=1S/C23H35N3O7S/c1-6-26(7-2)34(30,31)19-10-8-9-18(15-19)21(27)24-20(16(3)4)23(29)33-17(5)22(28)25-11-13-32-14-12-25/h8-10,15-17,20H,6-7,11-14H2,1-5H3,(H,24,27). The Bertz CT molecular complexity index is 971. The van der Waals surface area contributed by atoms with Crippen LogP contribution in [0.2, 0.25) is 0 Å². The summed E-state index contributed by atoms with van der Waals surface area (Å²) in [4.78, 5) is 39.8. The van der Waals surface area contributed by atoms with Gasteiger partial charge in [-0.05, 0) is 31.0 Å². The van der Waals surface area contributed by atoms with Crippen LogP contribution in [0.4, 0.5) is 0 Å². The lowest BCUT2D eigenvalue weighted by atomic mass is 10.0. The smallest absolute Gasteiger partial charge is 0.329 e. The van der Waals surface area contributed by atoms with Crippen molar-refractivity contribution in [2.75, 3.05) is 39.4 Å². The molecule has 0 saturated carbocycles. The molecule has 11 heteroatoms. The first-order valence-corrected chi connectivity index (χ1v) is 12.9. The summed E-state index contributed by atoms with van der Waals surface area (Å²) in [6.45, 7) is 10.8. The number of esters is 1. The fraction of sp³-hybridized carbons (Fsp3) is 0.609. The van der Waals surface area contributed by atoms with Crippen LogP contribution in [-0.2, 0) is 29.1 Å². The number of amides is 2. The van der Waals surface area contributed by atoms with Gasteiger partial charge in [0.2, 0.25) is 10.0 Å². The maximum absolute atomic E-state index is 12.9. The van der Waals surface area contributed by atoms with E-state index < -0.39 is 34.0 Å². The second-order valence-corrected chi connectivity index (χ2v) is 10.3. The van der Waals surface area contributed by atoms with Crippen molar-refractivity contribution in [3.05, 3.63) is 29.8 Å². The highest BCUT2D eigenvalue weighted by molar-refractivity contribution is 7.89. The number of morpholine rings is 1. The van der Waals surface area contributed by atoms with E-state index in [0.29, 0.717) is 39.4 Å². The van der Waals surface area contributed by atoms with Gasteiger partial charge in [0.15, 0.2) is 6.10 Å². The molecule has 2 rings (SSSR count). The highest BCUT2D eigenvalue weighted by Gasteiger charge is 2.31. The molecule has 2 unspecified atom stereocenters. The lowest BCUT2D eigenvalue weighted by Crippen LogP contribution is -2.49. The number of hydrogen-bond acceptors (Lipinski definition) is 7. The molecule has 0 spiro atoms. The number of benzene rings is 1. The second-order valence-electron chi connectivity index (χ2n) is 8.33. The number of nitrogens with one attached hydrogen (secondary N) is 1. The third kappa shape index (κ3) is 6.77. The Hall–Kier alpha value is -2.50. The van der Waals surface area contributed by atoms with Crippen molar-refractivity contribution >= 4 is 27.8 Å². The predicted octanol–water partition coefficient (Wildman–Crippen LogP) is 1.26. The molecule has 1 heterocycles. The zero-order valence-corrected chi connectivity index (χ0v) is 21.3. The molecule has 1 aromatic rings. The number of ether oxygens (including phenoxy) is 2. The first-order chi connectivity index (χ1) is 16.0. The number of carbonyl (C=O) groups is 3. The lowest BCUT2D eigenvalue weighted by molar-refractivity contribution is -0.163. The number of rotatable bonds is 10. The molecule has 0 bridgehead atoms. The van der Waals surface area contributed by atoms with Crippen LogP contribution in [0.3, 0.4) is 0 Å². The quantitative estimate of drug-likeness (QED) is 0.483. The summed E-state index contributed by atoms with van der Waals surface area (Å²) in [5.74, 6) is -1.99. The molecule has 1 fully saturated rings. The lowest BCUT2D eigenvalue weighted by Gasteiger charge is -2.30. The average Bonchev–Trinajstić information content (AvgIpc) is 2.82. The number of carbonyl (C=O) groups excluding carboxylic acids is 3. The van der Waals surface area contributed by atoms with Gasteiger partial charge < -0.3 is 19.7 Å². The van der Waals surface area contributed by atoms with Gasteiger partial charge in [-0.1, -0.05) is 33.8 Å².